The number of benzene rings is 2. The maximum Gasteiger partial charge on any atom is 0.315 e. The van der Waals surface area contributed by atoms with E-state index in [4.69, 9.17) is 4.42 Å². The lowest BCUT2D eigenvalue weighted by Crippen LogP contribution is -2.33. The molecular weight excluding hydrogens is 409 g/mol. The van der Waals surface area contributed by atoms with E-state index in [1.807, 2.05) is 0 Å². The van der Waals surface area contributed by atoms with E-state index in [0.717, 1.165) is 37.0 Å². The first kappa shape index (κ1) is 20.6. The number of fused-ring (bicyclic) bond motifs is 2. The molecule has 0 radical (unpaired) electrons. The van der Waals surface area contributed by atoms with Gasteiger partial charge >= 0.3 is 6.01 Å². The van der Waals surface area contributed by atoms with Crippen LogP contribution in [0.1, 0.15) is 36.0 Å². The molecule has 1 saturated carbocycles. The lowest BCUT2D eigenvalue weighted by atomic mass is 10.1. The van der Waals surface area contributed by atoms with Gasteiger partial charge in [-0.3, -0.25) is 4.79 Å². The number of nitrogens with one attached hydrogen (secondary N) is 2. The molecule has 2 atom stereocenters. The molecule has 2 aliphatic rings. The van der Waals surface area contributed by atoms with Gasteiger partial charge in [-0.2, -0.15) is 0 Å². The minimum Gasteiger partial charge on any atom is -0.403 e. The predicted octanol–water partition coefficient (Wildman–Crippen LogP) is 4.41. The van der Waals surface area contributed by atoms with E-state index in [2.05, 4.69) is 25.7 Å². The Kier molecular flexibility index (Phi) is 5.85. The molecule has 166 valence electrons. The fraction of sp³-hybridized carbons (Fsp3) is 0.375. The zero-order valence-corrected chi connectivity index (χ0v) is 17.8. The van der Waals surface area contributed by atoms with Crippen LogP contribution in [0.2, 0.25) is 0 Å². The number of hydrogen-bond acceptors (Lipinski definition) is 6. The van der Waals surface area contributed by atoms with E-state index < -0.39 is 11.7 Å². The number of anilines is 2. The van der Waals surface area contributed by atoms with Crippen molar-refractivity contribution < 1.29 is 13.6 Å². The van der Waals surface area contributed by atoms with E-state index in [1.54, 1.807) is 36.4 Å². The van der Waals surface area contributed by atoms with Gasteiger partial charge in [0, 0.05) is 36.9 Å². The first-order chi connectivity index (χ1) is 15.7. The summed E-state index contributed by atoms with van der Waals surface area (Å²) in [5.41, 5.74) is 1.29. The van der Waals surface area contributed by atoms with Crippen LogP contribution in [0.15, 0.2) is 52.9 Å². The van der Waals surface area contributed by atoms with Gasteiger partial charge in [0.05, 0.1) is 5.56 Å². The van der Waals surface area contributed by atoms with E-state index in [0.29, 0.717) is 17.6 Å². The Morgan fingerprint density at radius 3 is 2.72 bits per heavy atom. The summed E-state index contributed by atoms with van der Waals surface area (Å²) in [5, 5.41) is 14.1. The fourth-order valence-electron chi connectivity index (χ4n) is 4.73. The van der Waals surface area contributed by atoms with Gasteiger partial charge in [-0.1, -0.05) is 17.2 Å². The highest BCUT2D eigenvalue weighted by molar-refractivity contribution is 6.04. The van der Waals surface area contributed by atoms with Gasteiger partial charge in [-0.25, -0.2) is 4.39 Å². The zero-order chi connectivity index (χ0) is 21.9. The molecule has 2 bridgehead atoms. The molecule has 5 rings (SSSR count). The normalized spacial score (nSPS) is 19.9. The van der Waals surface area contributed by atoms with Crippen molar-refractivity contribution in [3.63, 3.8) is 0 Å². The standard InChI is InChI=1S/C24H26FN5O2/c25-21-5-2-1-4-20(21)22(31)27-18-9-7-17(8-10-18)23-28-29-24(32-23)26-12-3-13-30-15-16-6-11-19(30)14-16/h1-2,4-5,7-10,16,19H,3,6,11-15H2,(H,26,29)(H,27,31)/t16-,19+/m1/s1. The highest BCUT2D eigenvalue weighted by Gasteiger charge is 2.36. The van der Waals surface area contributed by atoms with Gasteiger partial charge in [0.2, 0.25) is 5.89 Å². The molecule has 2 fully saturated rings. The van der Waals surface area contributed by atoms with Crippen molar-refractivity contribution in [3.8, 4) is 11.5 Å². The SMILES string of the molecule is O=C(Nc1ccc(-c2nnc(NCCCN3C[C@@H]4CC[C@H]3C4)o2)cc1)c1ccccc1F. The Morgan fingerprint density at radius 1 is 1.12 bits per heavy atom. The van der Waals surface area contributed by atoms with Crippen molar-refractivity contribution in [1.82, 2.24) is 15.1 Å². The van der Waals surface area contributed by atoms with Gasteiger partial charge in [-0.05, 0) is 68.0 Å². The predicted molar refractivity (Wildman–Crippen MR) is 120 cm³/mol. The topological polar surface area (TPSA) is 83.3 Å². The van der Waals surface area contributed by atoms with Crippen LogP contribution in [0.4, 0.5) is 16.1 Å². The summed E-state index contributed by atoms with van der Waals surface area (Å²) in [7, 11) is 0. The third kappa shape index (κ3) is 4.50. The molecule has 1 saturated heterocycles. The number of rotatable bonds is 8. The van der Waals surface area contributed by atoms with Gasteiger partial charge in [0.1, 0.15) is 5.82 Å². The summed E-state index contributed by atoms with van der Waals surface area (Å²) in [5.74, 6) is 0.268. The number of carbonyl (C=O) groups excluding carboxylic acids is 1. The van der Waals surface area contributed by atoms with Crippen molar-refractivity contribution in [2.45, 2.75) is 31.7 Å². The minimum atomic E-state index is -0.555. The molecule has 2 N–H and O–H groups in total. The molecule has 1 aliphatic heterocycles. The molecule has 1 amide bonds. The molecular formula is C24H26FN5O2. The molecule has 1 aliphatic carbocycles. The molecule has 7 nitrogen and oxygen atoms in total. The summed E-state index contributed by atoms with van der Waals surface area (Å²) < 4.78 is 19.5. The molecule has 2 aromatic carbocycles. The number of hydrogen-bond donors (Lipinski definition) is 2. The summed E-state index contributed by atoms with van der Waals surface area (Å²) in [4.78, 5) is 14.8. The number of halogens is 1. The lowest BCUT2D eigenvalue weighted by molar-refractivity contribution is 0.102. The van der Waals surface area contributed by atoms with Crippen LogP contribution in [0.3, 0.4) is 0 Å². The fourth-order valence-corrected chi connectivity index (χ4v) is 4.73. The molecule has 8 heteroatoms. The van der Waals surface area contributed by atoms with Crippen molar-refractivity contribution in [2.24, 2.45) is 5.92 Å². The Morgan fingerprint density at radius 2 is 1.97 bits per heavy atom. The highest BCUT2D eigenvalue weighted by atomic mass is 19.1. The number of carbonyl (C=O) groups is 1. The second kappa shape index (κ2) is 9.08. The van der Waals surface area contributed by atoms with Crippen molar-refractivity contribution in [2.75, 3.05) is 30.3 Å². The number of amides is 1. The van der Waals surface area contributed by atoms with Crippen LogP contribution in [-0.2, 0) is 0 Å². The van der Waals surface area contributed by atoms with Crippen LogP contribution in [0.5, 0.6) is 0 Å². The van der Waals surface area contributed by atoms with Crippen LogP contribution in [-0.4, -0.2) is 46.7 Å². The quantitative estimate of drug-likeness (QED) is 0.510. The Labute approximate surface area is 186 Å². The molecule has 0 spiro atoms. The summed E-state index contributed by atoms with van der Waals surface area (Å²) in [6.45, 7) is 3.15. The summed E-state index contributed by atoms with van der Waals surface area (Å²) >= 11 is 0. The van der Waals surface area contributed by atoms with Crippen molar-refractivity contribution in [1.29, 1.82) is 0 Å². The lowest BCUT2D eigenvalue weighted by Gasteiger charge is -2.26. The third-order valence-electron chi connectivity index (χ3n) is 6.35. The third-order valence-corrected chi connectivity index (χ3v) is 6.35. The molecule has 32 heavy (non-hydrogen) atoms. The first-order valence-electron chi connectivity index (χ1n) is 11.1. The van der Waals surface area contributed by atoms with Gasteiger partial charge in [0.15, 0.2) is 0 Å². The molecule has 2 heterocycles. The second-order valence-electron chi connectivity index (χ2n) is 8.53. The van der Waals surface area contributed by atoms with Crippen molar-refractivity contribution in [3.05, 3.63) is 59.9 Å². The first-order valence-corrected chi connectivity index (χ1v) is 11.1. The Hall–Kier alpha value is -3.26. The minimum absolute atomic E-state index is 0.00132. The monoisotopic (exact) mass is 435 g/mol. The van der Waals surface area contributed by atoms with E-state index >= 15 is 0 Å². The van der Waals surface area contributed by atoms with Crippen LogP contribution >= 0.6 is 0 Å². The molecule has 0 unspecified atom stereocenters. The van der Waals surface area contributed by atoms with E-state index in [9.17, 15) is 9.18 Å². The van der Waals surface area contributed by atoms with Crippen LogP contribution in [0, 0.1) is 11.7 Å². The highest BCUT2D eigenvalue weighted by Crippen LogP contribution is 2.37. The number of nitrogens with zero attached hydrogens (tertiary/aromatic N) is 3. The molecule has 1 aromatic heterocycles. The van der Waals surface area contributed by atoms with Crippen LogP contribution in [0.25, 0.3) is 11.5 Å². The Bertz CT molecular complexity index is 1080. The van der Waals surface area contributed by atoms with Gasteiger partial charge < -0.3 is 20.0 Å². The largest absolute Gasteiger partial charge is 0.403 e. The zero-order valence-electron chi connectivity index (χ0n) is 17.8. The second-order valence-corrected chi connectivity index (χ2v) is 8.53. The number of piperidine rings is 1. The maximum absolute atomic E-state index is 13.8. The Balaban J connectivity index is 1.11. The van der Waals surface area contributed by atoms with E-state index in [1.165, 1.54) is 37.9 Å². The maximum atomic E-state index is 13.8. The molecule has 3 aromatic rings. The average molecular weight is 436 g/mol. The summed E-state index contributed by atoms with van der Waals surface area (Å²) in [6.07, 6.45) is 5.18. The summed E-state index contributed by atoms with van der Waals surface area (Å²) in [6, 6.07) is 14.1. The van der Waals surface area contributed by atoms with Gasteiger partial charge in [-0.15, -0.1) is 5.10 Å². The van der Waals surface area contributed by atoms with Crippen molar-refractivity contribution >= 4 is 17.6 Å². The average Bonchev–Trinajstić information content (AvgIpc) is 3.55. The van der Waals surface area contributed by atoms with Crippen LogP contribution < -0.4 is 10.6 Å². The van der Waals surface area contributed by atoms with E-state index in [-0.39, 0.29) is 5.56 Å². The smallest absolute Gasteiger partial charge is 0.315 e. The number of aromatic nitrogens is 2. The van der Waals surface area contributed by atoms with Gasteiger partial charge in [0.25, 0.3) is 5.91 Å². The number of likely N-dealkylation sites (tertiary alicyclic amines) is 1.